The number of unbranched alkanes of at least 4 members (excludes halogenated alkanes) is 14. The van der Waals surface area contributed by atoms with Crippen molar-refractivity contribution in [2.24, 2.45) is 5.92 Å². The summed E-state index contributed by atoms with van der Waals surface area (Å²) >= 11 is 1.39. The van der Waals surface area contributed by atoms with Crippen LogP contribution in [0.3, 0.4) is 0 Å². The van der Waals surface area contributed by atoms with E-state index in [1.165, 1.54) is 95.2 Å². The van der Waals surface area contributed by atoms with Gasteiger partial charge in [-0.1, -0.05) is 126 Å². The Bertz CT molecular complexity index is 984. The molecule has 1 saturated heterocycles. The van der Waals surface area contributed by atoms with Crippen LogP contribution in [0.4, 0.5) is 0 Å². The van der Waals surface area contributed by atoms with Crippen LogP contribution in [0, 0.1) is 12.8 Å². The van der Waals surface area contributed by atoms with Gasteiger partial charge >= 0.3 is 0 Å². The van der Waals surface area contributed by atoms with Gasteiger partial charge in [0, 0.05) is 26.0 Å². The maximum Gasteiger partial charge on any atom is 0.299 e. The average molecular weight is 638 g/mol. The van der Waals surface area contributed by atoms with E-state index in [2.05, 4.69) is 6.92 Å². The monoisotopic (exact) mass is 637 g/mol. The molecular formula is C35H59NO5S2. The van der Waals surface area contributed by atoms with Crippen molar-refractivity contribution in [1.82, 2.24) is 4.90 Å². The first-order chi connectivity index (χ1) is 21.0. The standard InChI is InChI=1S/C35H59NO5S2/c1-3-4-5-6-7-8-9-10-11-12-13-16-19-32-28-33(40-29-32)30-39-26-18-15-14-17-24-36-25-27-42-35(36)41-43(37,38)34-22-20-31(2)21-23-34/h20-23,25,27,32-33,35H,3-19,24,26,28-30H2,1-2H3. The van der Waals surface area contributed by atoms with Crippen LogP contribution in [0.2, 0.25) is 0 Å². The van der Waals surface area contributed by atoms with Gasteiger partial charge in [-0.05, 0) is 56.1 Å². The molecule has 1 aromatic rings. The molecule has 0 aliphatic carbocycles. The van der Waals surface area contributed by atoms with E-state index in [0.717, 1.165) is 64.0 Å². The second-order valence-electron chi connectivity index (χ2n) is 12.6. The van der Waals surface area contributed by atoms with Crippen molar-refractivity contribution in [1.29, 1.82) is 0 Å². The highest BCUT2D eigenvalue weighted by Crippen LogP contribution is 2.30. The maximum absolute atomic E-state index is 12.7. The molecule has 0 bridgehead atoms. The van der Waals surface area contributed by atoms with Crippen molar-refractivity contribution >= 4 is 21.9 Å². The summed E-state index contributed by atoms with van der Waals surface area (Å²) in [6, 6.07) is 6.77. The summed E-state index contributed by atoms with van der Waals surface area (Å²) in [6.07, 6.45) is 25.7. The lowest BCUT2D eigenvalue weighted by Gasteiger charge is -2.24. The van der Waals surface area contributed by atoms with Crippen molar-refractivity contribution in [3.8, 4) is 0 Å². The van der Waals surface area contributed by atoms with Crippen molar-refractivity contribution in [3.05, 3.63) is 41.4 Å². The van der Waals surface area contributed by atoms with Gasteiger partial charge in [-0.15, -0.1) is 0 Å². The Morgan fingerprint density at radius 3 is 2.19 bits per heavy atom. The molecule has 0 radical (unpaired) electrons. The lowest BCUT2D eigenvalue weighted by atomic mass is 9.97. The molecule has 0 saturated carbocycles. The van der Waals surface area contributed by atoms with Crippen LogP contribution in [0.15, 0.2) is 40.8 Å². The third kappa shape index (κ3) is 15.2. The Morgan fingerprint density at radius 1 is 0.860 bits per heavy atom. The first-order valence-corrected chi connectivity index (χ1v) is 19.6. The molecule has 0 aromatic heterocycles. The molecule has 8 heteroatoms. The lowest BCUT2D eigenvalue weighted by molar-refractivity contribution is 0.0153. The molecule has 0 amide bonds. The van der Waals surface area contributed by atoms with Crippen molar-refractivity contribution in [3.63, 3.8) is 0 Å². The summed E-state index contributed by atoms with van der Waals surface area (Å²) < 4.78 is 42.8. The molecule has 3 atom stereocenters. The zero-order chi connectivity index (χ0) is 30.6. The van der Waals surface area contributed by atoms with Crippen LogP contribution in [-0.2, 0) is 23.8 Å². The fraction of sp³-hybridized carbons (Fsp3) is 0.771. The van der Waals surface area contributed by atoms with Gasteiger partial charge in [0.2, 0.25) is 5.56 Å². The second kappa shape index (κ2) is 21.6. The van der Waals surface area contributed by atoms with Crippen LogP contribution < -0.4 is 0 Å². The summed E-state index contributed by atoms with van der Waals surface area (Å²) in [4.78, 5) is 2.17. The molecule has 3 unspecified atom stereocenters. The van der Waals surface area contributed by atoms with Crippen molar-refractivity contribution in [2.75, 3.05) is 26.4 Å². The number of ether oxygens (including phenoxy) is 2. The second-order valence-corrected chi connectivity index (χ2v) is 15.1. The normalized spacial score (nSPS) is 20.4. The van der Waals surface area contributed by atoms with Gasteiger partial charge in [0.25, 0.3) is 10.1 Å². The summed E-state index contributed by atoms with van der Waals surface area (Å²) in [7, 11) is -3.79. The van der Waals surface area contributed by atoms with Gasteiger partial charge in [0.05, 0.1) is 17.6 Å². The fourth-order valence-electron chi connectivity index (χ4n) is 5.89. The van der Waals surface area contributed by atoms with E-state index in [1.807, 2.05) is 23.4 Å². The molecule has 43 heavy (non-hydrogen) atoms. The minimum absolute atomic E-state index is 0.198. The van der Waals surface area contributed by atoms with Crippen molar-refractivity contribution in [2.45, 2.75) is 146 Å². The number of nitrogens with zero attached hydrogens (tertiary/aromatic N) is 1. The molecule has 6 nitrogen and oxygen atoms in total. The molecule has 1 fully saturated rings. The Morgan fingerprint density at radius 2 is 1.49 bits per heavy atom. The summed E-state index contributed by atoms with van der Waals surface area (Å²) in [5, 5.41) is 1.90. The first kappa shape index (κ1) is 36.4. The minimum Gasteiger partial charge on any atom is -0.379 e. The number of hydrogen-bond acceptors (Lipinski definition) is 7. The van der Waals surface area contributed by atoms with Crippen LogP contribution in [0.25, 0.3) is 0 Å². The number of thioether (sulfide) groups is 1. The minimum atomic E-state index is -3.79. The van der Waals surface area contributed by atoms with E-state index in [9.17, 15) is 8.42 Å². The lowest BCUT2D eigenvalue weighted by Crippen LogP contribution is -2.30. The zero-order valence-electron chi connectivity index (χ0n) is 27.1. The molecule has 246 valence electrons. The molecule has 3 rings (SSSR count). The van der Waals surface area contributed by atoms with Gasteiger partial charge in [0.15, 0.2) is 0 Å². The highest BCUT2D eigenvalue weighted by atomic mass is 32.2. The summed E-state index contributed by atoms with van der Waals surface area (Å²) in [5.41, 5.74) is 0.480. The highest BCUT2D eigenvalue weighted by molar-refractivity contribution is 8.03. The molecule has 0 spiro atoms. The van der Waals surface area contributed by atoms with Crippen molar-refractivity contribution < 1.29 is 22.1 Å². The first-order valence-electron chi connectivity index (χ1n) is 17.2. The van der Waals surface area contributed by atoms with E-state index in [4.69, 9.17) is 13.7 Å². The largest absolute Gasteiger partial charge is 0.379 e. The molecular weight excluding hydrogens is 579 g/mol. The van der Waals surface area contributed by atoms with E-state index in [0.29, 0.717) is 5.92 Å². The molecule has 1 aromatic carbocycles. The Hall–Kier alpha value is -1.06. The van der Waals surface area contributed by atoms with Crippen LogP contribution >= 0.6 is 11.8 Å². The predicted octanol–water partition coefficient (Wildman–Crippen LogP) is 9.58. The van der Waals surface area contributed by atoms with Gasteiger partial charge < -0.3 is 14.4 Å². The smallest absolute Gasteiger partial charge is 0.299 e. The van der Waals surface area contributed by atoms with E-state index in [-0.39, 0.29) is 11.0 Å². The number of benzene rings is 1. The molecule has 2 heterocycles. The Labute approximate surface area is 267 Å². The van der Waals surface area contributed by atoms with Gasteiger partial charge in [-0.2, -0.15) is 8.42 Å². The van der Waals surface area contributed by atoms with Crippen LogP contribution in [0.1, 0.15) is 128 Å². The van der Waals surface area contributed by atoms with Gasteiger partial charge in [0.1, 0.15) is 0 Å². The van der Waals surface area contributed by atoms with Crippen LogP contribution in [-0.4, -0.2) is 51.3 Å². The maximum atomic E-state index is 12.7. The molecule has 0 N–H and O–H groups in total. The quantitative estimate of drug-likeness (QED) is 0.0781. The van der Waals surface area contributed by atoms with Crippen LogP contribution in [0.5, 0.6) is 0 Å². The van der Waals surface area contributed by atoms with E-state index < -0.39 is 15.7 Å². The third-order valence-corrected chi connectivity index (χ3v) is 10.9. The predicted molar refractivity (Wildman–Crippen MR) is 180 cm³/mol. The SMILES string of the molecule is CCCCCCCCCCCCCCC1COC(COCCCCCCN2C=CSC2OS(=O)(=O)c2ccc(C)cc2)C1. The third-order valence-electron chi connectivity index (χ3n) is 8.63. The van der Waals surface area contributed by atoms with E-state index >= 15 is 0 Å². The zero-order valence-corrected chi connectivity index (χ0v) is 28.7. The molecule has 2 aliphatic heterocycles. The van der Waals surface area contributed by atoms with Gasteiger partial charge in [-0.3, -0.25) is 0 Å². The number of rotatable bonds is 25. The number of hydrogen-bond donors (Lipinski definition) is 0. The fourth-order valence-corrected chi connectivity index (χ4v) is 7.99. The average Bonchev–Trinajstić information content (AvgIpc) is 3.64. The van der Waals surface area contributed by atoms with E-state index in [1.54, 1.807) is 24.3 Å². The highest BCUT2D eigenvalue weighted by Gasteiger charge is 2.28. The van der Waals surface area contributed by atoms with Gasteiger partial charge in [-0.25, -0.2) is 4.18 Å². The summed E-state index contributed by atoms with van der Waals surface area (Å²) in [5.74, 6) is 0.717. The topological polar surface area (TPSA) is 65.1 Å². The number of aryl methyl sites for hydroxylation is 1. The summed E-state index contributed by atoms with van der Waals surface area (Å²) in [6.45, 7) is 7.40. The Balaban J connectivity index is 1.11. The Kier molecular flexibility index (Phi) is 18.3. The molecule has 2 aliphatic rings.